The van der Waals surface area contributed by atoms with Crippen molar-refractivity contribution in [3.8, 4) is 0 Å². The number of rotatable bonds is 2. The monoisotopic (exact) mass is 298 g/mol. The molecule has 114 valence electrons. The van der Waals surface area contributed by atoms with E-state index in [2.05, 4.69) is 4.98 Å². The lowest BCUT2D eigenvalue weighted by atomic mass is 10.0. The molecule has 0 radical (unpaired) electrons. The van der Waals surface area contributed by atoms with E-state index in [-0.39, 0.29) is 11.9 Å². The van der Waals surface area contributed by atoms with Crippen LogP contribution in [-0.2, 0) is 4.79 Å². The molecule has 1 aromatic carbocycles. The number of hydrogen-bond acceptors (Lipinski definition) is 3. The van der Waals surface area contributed by atoms with Crippen molar-refractivity contribution in [2.45, 2.75) is 26.3 Å². The molecular weight excluding hydrogens is 280 g/mol. The number of benzene rings is 1. The van der Waals surface area contributed by atoms with Gasteiger partial charge in [0, 0.05) is 23.7 Å². The molecule has 22 heavy (non-hydrogen) atoms. The third-order valence-corrected chi connectivity index (χ3v) is 4.42. The molecule has 1 N–H and O–H groups in total. The van der Waals surface area contributed by atoms with Crippen LogP contribution >= 0.6 is 0 Å². The number of carbonyl (C=O) groups is 2. The van der Waals surface area contributed by atoms with Crippen molar-refractivity contribution in [3.63, 3.8) is 0 Å². The van der Waals surface area contributed by atoms with E-state index in [0.717, 1.165) is 11.1 Å². The Bertz CT molecular complexity index is 757. The zero-order valence-electron chi connectivity index (χ0n) is 12.6. The van der Waals surface area contributed by atoms with E-state index >= 15 is 0 Å². The smallest absolute Gasteiger partial charge is 0.308 e. The van der Waals surface area contributed by atoms with E-state index in [9.17, 15) is 14.7 Å². The van der Waals surface area contributed by atoms with Gasteiger partial charge in [-0.15, -0.1) is 0 Å². The number of carboxylic acids is 1. The van der Waals surface area contributed by atoms with Gasteiger partial charge in [-0.1, -0.05) is 18.2 Å². The Labute approximate surface area is 128 Å². The van der Waals surface area contributed by atoms with Crippen LogP contribution in [0, 0.1) is 12.8 Å². The molecule has 3 rings (SSSR count). The average Bonchev–Trinajstić information content (AvgIpc) is 2.87. The van der Waals surface area contributed by atoms with Crippen LogP contribution in [0.15, 0.2) is 30.3 Å². The fourth-order valence-corrected chi connectivity index (χ4v) is 3.13. The molecule has 0 spiro atoms. The van der Waals surface area contributed by atoms with Crippen LogP contribution in [0.1, 0.15) is 29.4 Å². The van der Waals surface area contributed by atoms with Crippen molar-refractivity contribution in [2.24, 2.45) is 5.92 Å². The van der Waals surface area contributed by atoms with Gasteiger partial charge in [0.15, 0.2) is 0 Å². The molecule has 1 amide bonds. The van der Waals surface area contributed by atoms with Crippen LogP contribution in [0.25, 0.3) is 10.9 Å². The molecule has 2 heterocycles. The van der Waals surface area contributed by atoms with Crippen LogP contribution in [0.3, 0.4) is 0 Å². The first-order valence-corrected chi connectivity index (χ1v) is 7.39. The van der Waals surface area contributed by atoms with Gasteiger partial charge in [0.05, 0.1) is 17.0 Å². The fraction of sp³-hybridized carbons (Fsp3) is 0.353. The lowest BCUT2D eigenvalue weighted by molar-refractivity contribution is -0.142. The van der Waals surface area contributed by atoms with E-state index in [4.69, 9.17) is 0 Å². The van der Waals surface area contributed by atoms with Gasteiger partial charge in [-0.25, -0.2) is 0 Å². The van der Waals surface area contributed by atoms with Gasteiger partial charge in [0.25, 0.3) is 5.91 Å². The predicted octanol–water partition coefficient (Wildman–Crippen LogP) is 2.48. The maximum absolute atomic E-state index is 12.8. The highest BCUT2D eigenvalue weighted by atomic mass is 16.4. The SMILES string of the molecule is Cc1ccc2cccc(C(=O)N3CCC(C(=O)O)C3C)c2n1. The van der Waals surface area contributed by atoms with Gasteiger partial charge in [0.2, 0.25) is 0 Å². The van der Waals surface area contributed by atoms with Crippen LogP contribution < -0.4 is 0 Å². The maximum atomic E-state index is 12.8. The van der Waals surface area contributed by atoms with Crippen molar-refractivity contribution in [1.82, 2.24) is 9.88 Å². The summed E-state index contributed by atoms with van der Waals surface area (Å²) in [5, 5.41) is 10.1. The van der Waals surface area contributed by atoms with Gasteiger partial charge < -0.3 is 10.0 Å². The van der Waals surface area contributed by atoms with Crippen molar-refractivity contribution in [1.29, 1.82) is 0 Å². The van der Waals surface area contributed by atoms with E-state index in [1.807, 2.05) is 31.2 Å². The van der Waals surface area contributed by atoms with E-state index in [1.165, 1.54) is 0 Å². The Morgan fingerprint density at radius 2 is 2.05 bits per heavy atom. The Kier molecular flexibility index (Phi) is 3.56. The summed E-state index contributed by atoms with van der Waals surface area (Å²) in [6.07, 6.45) is 0.499. The largest absolute Gasteiger partial charge is 0.481 e. The summed E-state index contributed by atoms with van der Waals surface area (Å²) in [7, 11) is 0. The number of carbonyl (C=O) groups excluding carboxylic acids is 1. The van der Waals surface area contributed by atoms with Crippen LogP contribution in [-0.4, -0.2) is 39.5 Å². The van der Waals surface area contributed by atoms with Gasteiger partial charge in [-0.05, 0) is 32.4 Å². The highest BCUT2D eigenvalue weighted by Crippen LogP contribution is 2.28. The number of aromatic nitrogens is 1. The van der Waals surface area contributed by atoms with E-state index in [1.54, 1.807) is 17.9 Å². The minimum Gasteiger partial charge on any atom is -0.481 e. The topological polar surface area (TPSA) is 70.5 Å². The molecule has 5 nitrogen and oxygen atoms in total. The summed E-state index contributed by atoms with van der Waals surface area (Å²) in [6.45, 7) is 4.16. The first-order valence-electron chi connectivity index (χ1n) is 7.39. The molecule has 1 aromatic heterocycles. The zero-order valence-corrected chi connectivity index (χ0v) is 12.6. The number of amides is 1. The number of pyridine rings is 1. The summed E-state index contributed by atoms with van der Waals surface area (Å²) in [4.78, 5) is 30.2. The number of fused-ring (bicyclic) bond motifs is 1. The van der Waals surface area contributed by atoms with Crippen LogP contribution in [0.2, 0.25) is 0 Å². The summed E-state index contributed by atoms with van der Waals surface area (Å²) < 4.78 is 0. The molecule has 1 saturated heterocycles. The molecule has 0 saturated carbocycles. The van der Waals surface area contributed by atoms with Crippen LogP contribution in [0.5, 0.6) is 0 Å². The number of para-hydroxylation sites is 1. The Balaban J connectivity index is 2.00. The Morgan fingerprint density at radius 1 is 1.27 bits per heavy atom. The second-order valence-corrected chi connectivity index (χ2v) is 5.80. The van der Waals surface area contributed by atoms with E-state index < -0.39 is 11.9 Å². The second kappa shape index (κ2) is 5.40. The van der Waals surface area contributed by atoms with Crippen molar-refractivity contribution >= 4 is 22.8 Å². The third-order valence-electron chi connectivity index (χ3n) is 4.42. The standard InChI is InChI=1S/C17H18N2O3/c1-10-6-7-12-4-3-5-14(15(12)18-10)16(20)19-9-8-13(11(19)2)17(21)22/h3-7,11,13H,8-9H2,1-2H3,(H,21,22). The Morgan fingerprint density at radius 3 is 2.73 bits per heavy atom. The number of aryl methyl sites for hydroxylation is 1. The summed E-state index contributed by atoms with van der Waals surface area (Å²) in [6, 6.07) is 9.08. The van der Waals surface area contributed by atoms with Gasteiger partial charge in [0.1, 0.15) is 0 Å². The molecular formula is C17H18N2O3. The summed E-state index contributed by atoms with van der Waals surface area (Å²) in [5.74, 6) is -1.47. The molecule has 1 fully saturated rings. The molecule has 2 atom stereocenters. The lowest BCUT2D eigenvalue weighted by Gasteiger charge is -2.23. The highest BCUT2D eigenvalue weighted by molar-refractivity contribution is 6.05. The lowest BCUT2D eigenvalue weighted by Crippen LogP contribution is -2.37. The van der Waals surface area contributed by atoms with Gasteiger partial charge in [-0.2, -0.15) is 0 Å². The third kappa shape index (κ3) is 2.32. The van der Waals surface area contributed by atoms with Crippen LogP contribution in [0.4, 0.5) is 0 Å². The molecule has 2 aromatic rings. The van der Waals surface area contributed by atoms with E-state index in [0.29, 0.717) is 24.0 Å². The molecule has 5 heteroatoms. The predicted molar refractivity (Wildman–Crippen MR) is 82.7 cm³/mol. The number of hydrogen-bond donors (Lipinski definition) is 1. The number of likely N-dealkylation sites (tertiary alicyclic amines) is 1. The van der Waals surface area contributed by atoms with Gasteiger partial charge in [-0.3, -0.25) is 14.6 Å². The second-order valence-electron chi connectivity index (χ2n) is 5.80. The Hall–Kier alpha value is -2.43. The fourth-order valence-electron chi connectivity index (χ4n) is 3.13. The van der Waals surface area contributed by atoms with Gasteiger partial charge >= 0.3 is 5.97 Å². The highest BCUT2D eigenvalue weighted by Gasteiger charge is 2.38. The average molecular weight is 298 g/mol. The maximum Gasteiger partial charge on any atom is 0.308 e. The number of nitrogens with zero attached hydrogens (tertiary/aromatic N) is 2. The minimum absolute atomic E-state index is 0.139. The quantitative estimate of drug-likeness (QED) is 0.924. The summed E-state index contributed by atoms with van der Waals surface area (Å²) >= 11 is 0. The zero-order chi connectivity index (χ0) is 15.9. The normalized spacial score (nSPS) is 21.3. The van der Waals surface area contributed by atoms with Crippen molar-refractivity contribution in [3.05, 3.63) is 41.6 Å². The molecule has 2 unspecified atom stereocenters. The molecule has 0 bridgehead atoms. The molecule has 0 aliphatic carbocycles. The number of carboxylic acid groups (broad SMARTS) is 1. The number of aliphatic carboxylic acids is 1. The summed E-state index contributed by atoms with van der Waals surface area (Å²) in [5.41, 5.74) is 2.07. The molecule has 1 aliphatic heterocycles. The van der Waals surface area contributed by atoms with Crippen molar-refractivity contribution < 1.29 is 14.7 Å². The van der Waals surface area contributed by atoms with Crippen molar-refractivity contribution in [2.75, 3.05) is 6.54 Å². The minimum atomic E-state index is -0.838. The molecule has 1 aliphatic rings. The first kappa shape index (κ1) is 14.5. The first-order chi connectivity index (χ1) is 10.5.